The summed E-state index contributed by atoms with van der Waals surface area (Å²) < 4.78 is 22.0. The molecule has 0 saturated heterocycles. The monoisotopic (exact) mass is 248 g/mol. The van der Waals surface area contributed by atoms with E-state index >= 15 is 0 Å². The highest BCUT2D eigenvalue weighted by Crippen LogP contribution is 2.12. The van der Waals surface area contributed by atoms with E-state index in [9.17, 15) is 8.42 Å². The van der Waals surface area contributed by atoms with E-state index in [-0.39, 0.29) is 5.75 Å². The molecule has 1 aromatic rings. The van der Waals surface area contributed by atoms with Gasteiger partial charge in [0.25, 0.3) is 0 Å². The minimum absolute atomic E-state index is 0.0544. The van der Waals surface area contributed by atoms with E-state index in [2.05, 4.69) is 17.2 Å². The highest BCUT2D eigenvalue weighted by molar-refractivity contribution is 7.90. The number of sulfone groups is 1. The summed E-state index contributed by atoms with van der Waals surface area (Å²) >= 11 is 1.42. The van der Waals surface area contributed by atoms with Crippen molar-refractivity contribution in [2.75, 3.05) is 19.3 Å². The number of hydrogen-bond acceptors (Lipinski definition) is 5. The van der Waals surface area contributed by atoms with E-state index in [0.717, 1.165) is 25.2 Å². The Labute approximate surface area is 94.7 Å². The lowest BCUT2D eigenvalue weighted by atomic mass is 10.3. The van der Waals surface area contributed by atoms with Gasteiger partial charge in [0, 0.05) is 24.6 Å². The van der Waals surface area contributed by atoms with E-state index in [4.69, 9.17) is 0 Å². The lowest BCUT2D eigenvalue weighted by Crippen LogP contribution is -2.16. The quantitative estimate of drug-likeness (QED) is 0.758. The van der Waals surface area contributed by atoms with E-state index in [1.54, 1.807) is 0 Å². The van der Waals surface area contributed by atoms with Crippen molar-refractivity contribution < 1.29 is 8.42 Å². The van der Waals surface area contributed by atoms with Crippen molar-refractivity contribution in [2.24, 2.45) is 0 Å². The van der Waals surface area contributed by atoms with Crippen LogP contribution in [0.25, 0.3) is 0 Å². The van der Waals surface area contributed by atoms with Crippen molar-refractivity contribution in [3.63, 3.8) is 0 Å². The Morgan fingerprint density at radius 2 is 2.27 bits per heavy atom. The number of thiazole rings is 1. The third kappa shape index (κ3) is 5.25. The first-order valence-electron chi connectivity index (χ1n) is 4.83. The SMILES string of the molecule is CCNCCc1csc(CS(C)(=O)=O)n1. The second-order valence-electron chi connectivity index (χ2n) is 3.41. The van der Waals surface area contributed by atoms with Gasteiger partial charge in [-0.15, -0.1) is 11.3 Å². The fourth-order valence-electron chi connectivity index (χ4n) is 1.15. The van der Waals surface area contributed by atoms with Crippen LogP contribution in [0.2, 0.25) is 0 Å². The van der Waals surface area contributed by atoms with E-state index in [1.165, 1.54) is 17.6 Å². The van der Waals surface area contributed by atoms with Crippen molar-refractivity contribution in [1.82, 2.24) is 10.3 Å². The van der Waals surface area contributed by atoms with Crippen molar-refractivity contribution in [2.45, 2.75) is 19.1 Å². The molecule has 6 heteroatoms. The summed E-state index contributed by atoms with van der Waals surface area (Å²) in [7, 11) is -2.96. The molecule has 1 rings (SSSR count). The predicted molar refractivity (Wildman–Crippen MR) is 62.9 cm³/mol. The van der Waals surface area contributed by atoms with Gasteiger partial charge in [-0.2, -0.15) is 0 Å². The highest BCUT2D eigenvalue weighted by Gasteiger charge is 2.08. The van der Waals surface area contributed by atoms with Crippen LogP contribution in [0.3, 0.4) is 0 Å². The van der Waals surface area contributed by atoms with Crippen molar-refractivity contribution in [3.8, 4) is 0 Å². The smallest absolute Gasteiger partial charge is 0.153 e. The van der Waals surface area contributed by atoms with Crippen LogP contribution < -0.4 is 5.32 Å². The maximum absolute atomic E-state index is 11.0. The van der Waals surface area contributed by atoms with E-state index in [0.29, 0.717) is 5.01 Å². The summed E-state index contributed by atoms with van der Waals surface area (Å²) in [6.07, 6.45) is 2.08. The molecule has 15 heavy (non-hydrogen) atoms. The molecule has 86 valence electrons. The summed E-state index contributed by atoms with van der Waals surface area (Å²) in [5.41, 5.74) is 0.972. The van der Waals surface area contributed by atoms with Gasteiger partial charge in [0.05, 0.1) is 5.69 Å². The van der Waals surface area contributed by atoms with Crippen LogP contribution in [0.5, 0.6) is 0 Å². The first-order chi connectivity index (χ1) is 7.01. The van der Waals surface area contributed by atoms with Gasteiger partial charge in [-0.25, -0.2) is 13.4 Å². The maximum atomic E-state index is 11.0. The summed E-state index contributed by atoms with van der Waals surface area (Å²) in [4.78, 5) is 4.27. The molecule has 1 N–H and O–H groups in total. The van der Waals surface area contributed by atoms with Crippen molar-refractivity contribution >= 4 is 21.2 Å². The third-order valence-electron chi connectivity index (χ3n) is 1.79. The summed E-state index contributed by atoms with van der Waals surface area (Å²) in [5, 5.41) is 5.81. The summed E-state index contributed by atoms with van der Waals surface area (Å²) in [6, 6.07) is 0. The van der Waals surface area contributed by atoms with Gasteiger partial charge in [-0.3, -0.25) is 0 Å². The average molecular weight is 248 g/mol. The molecule has 0 fully saturated rings. The Kier molecular flexibility index (Phi) is 4.69. The average Bonchev–Trinajstić information content (AvgIpc) is 2.50. The topological polar surface area (TPSA) is 59.1 Å². The molecule has 0 aromatic carbocycles. The lowest BCUT2D eigenvalue weighted by Gasteiger charge is -1.97. The molecule has 0 aliphatic heterocycles. The standard InChI is InChI=1S/C9H16N2O2S2/c1-3-10-5-4-8-6-14-9(11-8)7-15(2,12)13/h6,10H,3-5,7H2,1-2H3. The molecule has 0 aliphatic rings. The van der Waals surface area contributed by atoms with Gasteiger partial charge in [0.15, 0.2) is 9.84 Å². The molecule has 1 heterocycles. The molecule has 1 aromatic heterocycles. The molecule has 4 nitrogen and oxygen atoms in total. The molecule has 0 aliphatic carbocycles. The fraction of sp³-hybridized carbons (Fsp3) is 0.667. The Morgan fingerprint density at radius 3 is 2.87 bits per heavy atom. The largest absolute Gasteiger partial charge is 0.317 e. The van der Waals surface area contributed by atoms with Gasteiger partial charge >= 0.3 is 0 Å². The lowest BCUT2D eigenvalue weighted by molar-refractivity contribution is 0.601. The highest BCUT2D eigenvalue weighted by atomic mass is 32.2. The molecule has 0 radical (unpaired) electrons. The van der Waals surface area contributed by atoms with Gasteiger partial charge in [-0.05, 0) is 6.54 Å². The molecule has 0 bridgehead atoms. The van der Waals surface area contributed by atoms with Gasteiger partial charge in [0.2, 0.25) is 0 Å². The second-order valence-corrected chi connectivity index (χ2v) is 6.49. The maximum Gasteiger partial charge on any atom is 0.153 e. The normalized spacial score (nSPS) is 11.9. The van der Waals surface area contributed by atoms with Gasteiger partial charge < -0.3 is 5.32 Å². The first-order valence-corrected chi connectivity index (χ1v) is 7.77. The number of likely N-dealkylation sites (N-methyl/N-ethyl adjacent to an activating group) is 1. The molecular weight excluding hydrogens is 232 g/mol. The fourth-order valence-corrected chi connectivity index (χ4v) is 3.19. The molecule has 0 unspecified atom stereocenters. The number of nitrogens with zero attached hydrogens (tertiary/aromatic N) is 1. The third-order valence-corrected chi connectivity index (χ3v) is 3.67. The van der Waals surface area contributed by atoms with Crippen LogP contribution in [-0.4, -0.2) is 32.7 Å². The molecule has 0 saturated carbocycles. The Morgan fingerprint density at radius 1 is 1.53 bits per heavy atom. The van der Waals surface area contributed by atoms with Crippen LogP contribution in [0.4, 0.5) is 0 Å². The van der Waals surface area contributed by atoms with Crippen LogP contribution in [0.15, 0.2) is 5.38 Å². The van der Waals surface area contributed by atoms with Crippen molar-refractivity contribution in [1.29, 1.82) is 0 Å². The molecule has 0 atom stereocenters. The minimum atomic E-state index is -2.96. The number of hydrogen-bond donors (Lipinski definition) is 1. The molecule has 0 spiro atoms. The zero-order valence-electron chi connectivity index (χ0n) is 8.99. The molecular formula is C9H16N2O2S2. The zero-order valence-corrected chi connectivity index (χ0v) is 10.6. The molecule has 0 amide bonds. The summed E-state index contributed by atoms with van der Waals surface area (Å²) in [5.74, 6) is 0.0544. The minimum Gasteiger partial charge on any atom is -0.317 e. The van der Waals surface area contributed by atoms with E-state index < -0.39 is 9.84 Å². The van der Waals surface area contributed by atoms with Gasteiger partial charge in [-0.1, -0.05) is 6.92 Å². The van der Waals surface area contributed by atoms with Crippen LogP contribution >= 0.6 is 11.3 Å². The predicted octanol–water partition coefficient (Wildman–Crippen LogP) is 0.840. The van der Waals surface area contributed by atoms with Crippen LogP contribution in [0.1, 0.15) is 17.6 Å². The number of aromatic nitrogens is 1. The van der Waals surface area contributed by atoms with E-state index in [1.807, 2.05) is 5.38 Å². The Bertz CT molecular complexity index is 398. The zero-order chi connectivity index (χ0) is 11.3. The number of nitrogens with one attached hydrogen (secondary N) is 1. The van der Waals surface area contributed by atoms with Crippen LogP contribution in [0, 0.1) is 0 Å². The summed E-state index contributed by atoms with van der Waals surface area (Å²) in [6.45, 7) is 3.88. The van der Waals surface area contributed by atoms with Gasteiger partial charge in [0.1, 0.15) is 10.8 Å². The second kappa shape index (κ2) is 5.58. The Hall–Kier alpha value is -0.460. The van der Waals surface area contributed by atoms with Crippen molar-refractivity contribution in [3.05, 3.63) is 16.1 Å². The first kappa shape index (κ1) is 12.6. The Balaban J connectivity index is 2.49. The number of rotatable bonds is 6. The van der Waals surface area contributed by atoms with Crippen LogP contribution in [-0.2, 0) is 22.0 Å².